The van der Waals surface area contributed by atoms with Gasteiger partial charge in [0.25, 0.3) is 5.91 Å². The molecule has 10 heteroatoms. The average molecular weight is 481 g/mol. The number of sulfone groups is 1. The average Bonchev–Trinajstić information content (AvgIpc) is 2.80. The lowest BCUT2D eigenvalue weighted by Gasteiger charge is -2.29. The minimum absolute atomic E-state index is 0.0235. The Morgan fingerprint density at radius 1 is 1.06 bits per heavy atom. The molecule has 0 aliphatic heterocycles. The van der Waals surface area contributed by atoms with Crippen molar-refractivity contribution in [3.63, 3.8) is 0 Å². The van der Waals surface area contributed by atoms with E-state index in [1.807, 2.05) is 24.3 Å². The molecule has 0 unspecified atom stereocenters. The van der Waals surface area contributed by atoms with Crippen LogP contribution in [-0.2, 0) is 9.84 Å². The normalized spacial score (nSPS) is 18.3. The van der Waals surface area contributed by atoms with Crippen LogP contribution in [0.25, 0.3) is 11.1 Å². The summed E-state index contributed by atoms with van der Waals surface area (Å²) in [5.74, 6) is 0.0252. The van der Waals surface area contributed by atoms with Gasteiger partial charge >= 0.3 is 0 Å². The lowest BCUT2D eigenvalue weighted by molar-refractivity contribution is 0.100. The van der Waals surface area contributed by atoms with Crippen LogP contribution in [0.15, 0.2) is 59.6 Å². The summed E-state index contributed by atoms with van der Waals surface area (Å²) in [6, 6.07) is 14.2. The monoisotopic (exact) mass is 480 g/mol. The molecule has 6 N–H and O–H groups in total. The van der Waals surface area contributed by atoms with Crippen molar-refractivity contribution in [2.24, 2.45) is 11.5 Å². The second-order valence-corrected chi connectivity index (χ2v) is 10.5. The van der Waals surface area contributed by atoms with Crippen LogP contribution in [0.5, 0.6) is 0 Å². The Morgan fingerprint density at radius 2 is 1.79 bits per heavy atom. The zero-order valence-corrected chi connectivity index (χ0v) is 19.7. The number of primary amides is 1. The summed E-state index contributed by atoms with van der Waals surface area (Å²) in [6.07, 6.45) is 6.66. The highest BCUT2D eigenvalue weighted by Crippen LogP contribution is 2.27. The molecule has 1 amide bonds. The Hall–Kier alpha value is -3.50. The molecular weight excluding hydrogens is 452 g/mol. The number of hydrogen-bond acceptors (Lipinski definition) is 8. The number of carbonyl (C=O) groups excluding carboxylic acids is 1. The first-order valence-corrected chi connectivity index (χ1v) is 13.0. The van der Waals surface area contributed by atoms with Crippen molar-refractivity contribution < 1.29 is 13.2 Å². The van der Waals surface area contributed by atoms with Crippen LogP contribution < -0.4 is 22.1 Å². The second-order valence-electron chi connectivity index (χ2n) is 8.52. The van der Waals surface area contributed by atoms with Gasteiger partial charge in [0.2, 0.25) is 5.95 Å². The number of nitrogens with one attached hydrogen (secondary N) is 2. The molecule has 3 aromatic rings. The maximum atomic E-state index is 12.0. The first-order valence-electron chi connectivity index (χ1n) is 11.1. The van der Waals surface area contributed by atoms with E-state index in [4.69, 9.17) is 11.5 Å². The number of hydrogen-bond donors (Lipinski definition) is 4. The zero-order chi connectivity index (χ0) is 24.3. The number of nitrogens with two attached hydrogens (primary N) is 2. The molecule has 2 aromatic carbocycles. The van der Waals surface area contributed by atoms with Crippen molar-refractivity contribution in [2.45, 2.75) is 42.7 Å². The topological polar surface area (TPSA) is 153 Å². The van der Waals surface area contributed by atoms with E-state index in [1.54, 1.807) is 24.3 Å². The number of amides is 1. The van der Waals surface area contributed by atoms with Crippen molar-refractivity contribution >= 4 is 33.2 Å². The molecule has 1 saturated carbocycles. The molecule has 0 spiro atoms. The van der Waals surface area contributed by atoms with E-state index < -0.39 is 15.7 Å². The van der Waals surface area contributed by atoms with Crippen molar-refractivity contribution in [3.05, 3.63) is 60.3 Å². The fourth-order valence-electron chi connectivity index (χ4n) is 4.04. The fraction of sp³-hybridized carbons (Fsp3) is 0.292. The third-order valence-corrected chi connectivity index (χ3v) is 7.06. The quantitative estimate of drug-likeness (QED) is 0.402. The third-order valence-electron chi connectivity index (χ3n) is 5.93. The molecule has 1 fully saturated rings. The first-order chi connectivity index (χ1) is 16.2. The Balaban J connectivity index is 1.59. The van der Waals surface area contributed by atoms with Crippen molar-refractivity contribution in [1.29, 1.82) is 0 Å². The second kappa shape index (κ2) is 9.78. The van der Waals surface area contributed by atoms with Crippen molar-refractivity contribution in [3.8, 4) is 11.1 Å². The van der Waals surface area contributed by atoms with Gasteiger partial charge in [-0.2, -0.15) is 4.98 Å². The maximum absolute atomic E-state index is 12.0. The minimum Gasteiger partial charge on any atom is -0.365 e. The molecule has 1 aliphatic carbocycles. The van der Waals surface area contributed by atoms with Crippen molar-refractivity contribution in [1.82, 2.24) is 9.97 Å². The molecule has 0 radical (unpaired) electrons. The van der Waals surface area contributed by atoms with Gasteiger partial charge < -0.3 is 22.1 Å². The van der Waals surface area contributed by atoms with Gasteiger partial charge in [-0.1, -0.05) is 37.1 Å². The van der Waals surface area contributed by atoms with Crippen LogP contribution >= 0.6 is 0 Å². The van der Waals surface area contributed by atoms with E-state index in [0.717, 1.165) is 36.8 Å². The third kappa shape index (κ3) is 5.52. The van der Waals surface area contributed by atoms with Crippen LogP contribution in [0.1, 0.15) is 36.0 Å². The number of carbonyl (C=O) groups is 1. The van der Waals surface area contributed by atoms with Gasteiger partial charge in [-0.15, -0.1) is 0 Å². The first kappa shape index (κ1) is 23.7. The van der Waals surface area contributed by atoms with Gasteiger partial charge in [0.1, 0.15) is 11.4 Å². The smallest absolute Gasteiger partial charge is 0.254 e. The summed E-state index contributed by atoms with van der Waals surface area (Å²) < 4.78 is 23.4. The fourth-order valence-corrected chi connectivity index (χ4v) is 4.67. The van der Waals surface area contributed by atoms with E-state index in [1.165, 1.54) is 12.5 Å². The zero-order valence-electron chi connectivity index (χ0n) is 18.9. The summed E-state index contributed by atoms with van der Waals surface area (Å²) in [6.45, 7) is 0. The lowest BCUT2D eigenvalue weighted by Crippen LogP contribution is -2.43. The molecule has 2 atom stereocenters. The summed E-state index contributed by atoms with van der Waals surface area (Å²) in [7, 11) is -3.27. The highest BCUT2D eigenvalue weighted by atomic mass is 32.2. The van der Waals surface area contributed by atoms with Crippen LogP contribution in [0.3, 0.4) is 0 Å². The van der Waals surface area contributed by atoms with Gasteiger partial charge in [0.15, 0.2) is 9.84 Å². The van der Waals surface area contributed by atoms with Crippen molar-refractivity contribution in [2.75, 3.05) is 16.9 Å². The van der Waals surface area contributed by atoms with Crippen LogP contribution in [0.4, 0.5) is 17.5 Å². The van der Waals surface area contributed by atoms with Crippen LogP contribution in [0, 0.1) is 0 Å². The molecule has 178 valence electrons. The van der Waals surface area contributed by atoms with Gasteiger partial charge in [-0.25, -0.2) is 13.4 Å². The largest absolute Gasteiger partial charge is 0.365 e. The molecule has 0 saturated heterocycles. The van der Waals surface area contributed by atoms with E-state index >= 15 is 0 Å². The highest BCUT2D eigenvalue weighted by molar-refractivity contribution is 7.90. The van der Waals surface area contributed by atoms with Gasteiger partial charge in [0, 0.05) is 30.2 Å². The number of rotatable bonds is 7. The predicted octanol–water partition coefficient (Wildman–Crippen LogP) is 3.07. The van der Waals surface area contributed by atoms with E-state index in [-0.39, 0.29) is 22.5 Å². The molecule has 1 heterocycles. The predicted molar refractivity (Wildman–Crippen MR) is 133 cm³/mol. The molecule has 1 aliphatic rings. The van der Waals surface area contributed by atoms with E-state index in [2.05, 4.69) is 20.6 Å². The molecule has 34 heavy (non-hydrogen) atoms. The summed E-state index contributed by atoms with van der Waals surface area (Å²) in [5.41, 5.74) is 14.3. The number of aromatic nitrogens is 2. The molecular formula is C24H28N6O3S. The lowest BCUT2D eigenvalue weighted by atomic mass is 9.91. The van der Waals surface area contributed by atoms with Gasteiger partial charge in [0.05, 0.1) is 4.90 Å². The summed E-state index contributed by atoms with van der Waals surface area (Å²) >= 11 is 0. The Bertz CT molecular complexity index is 1290. The van der Waals surface area contributed by atoms with Crippen LogP contribution in [0.2, 0.25) is 0 Å². The summed E-state index contributed by atoms with van der Waals surface area (Å²) in [4.78, 5) is 21.0. The Morgan fingerprint density at radius 3 is 2.47 bits per heavy atom. The van der Waals surface area contributed by atoms with Crippen LogP contribution in [-0.4, -0.2) is 42.6 Å². The molecule has 0 bridgehead atoms. The molecule has 9 nitrogen and oxygen atoms in total. The highest BCUT2D eigenvalue weighted by Gasteiger charge is 2.23. The van der Waals surface area contributed by atoms with Gasteiger partial charge in [-0.05, 0) is 48.2 Å². The Labute approximate surface area is 198 Å². The summed E-state index contributed by atoms with van der Waals surface area (Å²) in [5, 5.41) is 6.46. The minimum atomic E-state index is -3.27. The SMILES string of the molecule is CS(=O)(=O)c1ccc(-c2cccc(Nc3nc(N[C@@H]4CCCC[C@@H]4N)ncc3C(N)=O)c2)cc1. The van der Waals surface area contributed by atoms with Gasteiger partial charge in [-0.3, -0.25) is 4.79 Å². The standard InChI is InChI=1S/C24H28N6O3S/c1-34(32,33)18-11-9-15(10-12-18)16-5-4-6-17(13-16)28-23-19(22(26)31)14-27-24(30-23)29-21-8-3-2-7-20(21)25/h4-6,9-14,20-21H,2-3,7-8,25H2,1H3,(H2,26,31)(H2,27,28,29,30)/t20-,21+/m0/s1. The number of benzene rings is 2. The van der Waals surface area contributed by atoms with E-state index in [9.17, 15) is 13.2 Å². The Kier molecular flexibility index (Phi) is 6.80. The number of nitrogens with zero attached hydrogens (tertiary/aromatic N) is 2. The maximum Gasteiger partial charge on any atom is 0.254 e. The van der Waals surface area contributed by atoms with E-state index in [0.29, 0.717) is 17.5 Å². The molecule has 1 aromatic heterocycles. The molecule has 4 rings (SSSR count). The number of anilines is 3.